The maximum absolute atomic E-state index is 13.4. The first-order valence-electron chi connectivity index (χ1n) is 10.7. The van der Waals surface area contributed by atoms with E-state index in [1.807, 2.05) is 6.07 Å². The number of fused-ring (bicyclic) bond motifs is 5. The van der Waals surface area contributed by atoms with Gasteiger partial charge in [0.2, 0.25) is 6.79 Å². The third-order valence-corrected chi connectivity index (χ3v) is 6.79. The van der Waals surface area contributed by atoms with Crippen LogP contribution in [0.3, 0.4) is 0 Å². The quantitative estimate of drug-likeness (QED) is 0.672. The number of allylic oxidation sites excluding steroid dienone is 3. The van der Waals surface area contributed by atoms with Crippen LogP contribution in [0.15, 0.2) is 59.8 Å². The molecule has 6 rings (SSSR count). The van der Waals surface area contributed by atoms with Crippen LogP contribution < -0.4 is 9.47 Å². The highest BCUT2D eigenvalue weighted by atomic mass is 16.7. The van der Waals surface area contributed by atoms with Crippen molar-refractivity contribution in [2.45, 2.75) is 39.0 Å². The Morgan fingerprint density at radius 1 is 1.03 bits per heavy atom. The Morgan fingerprint density at radius 2 is 1.80 bits per heavy atom. The van der Waals surface area contributed by atoms with Crippen LogP contribution in [0.5, 0.6) is 11.5 Å². The normalized spacial score (nSPS) is 23.5. The highest BCUT2D eigenvalue weighted by molar-refractivity contribution is 6.01. The molecule has 0 saturated heterocycles. The van der Waals surface area contributed by atoms with Crippen molar-refractivity contribution in [3.63, 3.8) is 0 Å². The van der Waals surface area contributed by atoms with Gasteiger partial charge in [0.05, 0.1) is 0 Å². The first kappa shape index (κ1) is 17.8. The van der Waals surface area contributed by atoms with Crippen molar-refractivity contribution in [3.8, 4) is 11.5 Å². The Balaban J connectivity index is 1.55. The van der Waals surface area contributed by atoms with Gasteiger partial charge >= 0.3 is 0 Å². The van der Waals surface area contributed by atoms with E-state index in [2.05, 4.69) is 61.2 Å². The lowest BCUT2D eigenvalue weighted by atomic mass is 9.69. The molecule has 1 atom stereocenters. The highest BCUT2D eigenvalue weighted by Crippen LogP contribution is 2.51. The number of Topliss-reactive ketones (excluding diaryl/α,β-unsaturated/α-hetero) is 1. The van der Waals surface area contributed by atoms with Gasteiger partial charge in [-0.15, -0.1) is 0 Å². The number of benzene rings is 2. The number of carbonyl (C=O) groups excluding carboxylic acids is 1. The molecule has 1 aliphatic carbocycles. The zero-order valence-corrected chi connectivity index (χ0v) is 17.4. The molecule has 0 aromatic heterocycles. The lowest BCUT2D eigenvalue weighted by molar-refractivity contribution is -0.118. The second-order valence-electron chi connectivity index (χ2n) is 9.51. The third-order valence-electron chi connectivity index (χ3n) is 6.79. The number of rotatable bonds is 1. The molecule has 0 radical (unpaired) electrons. The van der Waals surface area contributed by atoms with Crippen LogP contribution >= 0.6 is 0 Å². The summed E-state index contributed by atoms with van der Waals surface area (Å²) in [4.78, 5) is 15.8. The summed E-state index contributed by atoms with van der Waals surface area (Å²) in [6, 6.07) is 14.7. The fourth-order valence-electron chi connectivity index (χ4n) is 5.45. The second-order valence-corrected chi connectivity index (χ2v) is 9.51. The first-order chi connectivity index (χ1) is 14.5. The van der Waals surface area contributed by atoms with Crippen LogP contribution in [-0.2, 0) is 11.2 Å². The Bertz CT molecular complexity index is 1130. The average molecular weight is 399 g/mol. The second kappa shape index (κ2) is 6.24. The number of nitrogens with zero attached hydrogens (tertiary/aromatic N) is 1. The predicted octanol–water partition coefficient (Wildman–Crippen LogP) is 5.05. The van der Waals surface area contributed by atoms with Crippen molar-refractivity contribution in [2.24, 2.45) is 5.41 Å². The van der Waals surface area contributed by atoms with Gasteiger partial charge in [0, 0.05) is 41.4 Å². The minimum Gasteiger partial charge on any atom is -0.454 e. The van der Waals surface area contributed by atoms with E-state index in [4.69, 9.17) is 9.47 Å². The molecule has 3 heterocycles. The minimum absolute atomic E-state index is 0.00702. The summed E-state index contributed by atoms with van der Waals surface area (Å²) in [6.07, 6.45) is 4.77. The fourth-order valence-corrected chi connectivity index (χ4v) is 5.45. The minimum atomic E-state index is -0.0191. The van der Waals surface area contributed by atoms with Gasteiger partial charge in [0.25, 0.3) is 0 Å². The SMILES string of the molecule is CC1(C)CC(=O)C2=C(C1)N1CCc3cc4c(cc3C1=CC2c1ccccc1)OCO4. The lowest BCUT2D eigenvalue weighted by Crippen LogP contribution is -2.40. The van der Waals surface area contributed by atoms with Crippen LogP contribution in [0.2, 0.25) is 0 Å². The van der Waals surface area contributed by atoms with Crippen LogP contribution in [0.4, 0.5) is 0 Å². The van der Waals surface area contributed by atoms with E-state index >= 15 is 0 Å². The van der Waals surface area contributed by atoms with Crippen molar-refractivity contribution in [3.05, 3.63) is 76.5 Å². The van der Waals surface area contributed by atoms with Gasteiger partial charge < -0.3 is 14.4 Å². The Morgan fingerprint density at radius 3 is 2.60 bits per heavy atom. The summed E-state index contributed by atoms with van der Waals surface area (Å²) in [7, 11) is 0. The van der Waals surface area contributed by atoms with Crippen molar-refractivity contribution in [1.29, 1.82) is 0 Å². The van der Waals surface area contributed by atoms with E-state index in [1.54, 1.807) is 0 Å². The fraction of sp³-hybridized carbons (Fsp3) is 0.346. The summed E-state index contributed by atoms with van der Waals surface area (Å²) in [5, 5.41) is 0. The molecule has 1 unspecified atom stereocenters. The molecule has 4 aliphatic rings. The van der Waals surface area contributed by atoms with Gasteiger partial charge in [0.15, 0.2) is 17.3 Å². The molecule has 2 aromatic carbocycles. The van der Waals surface area contributed by atoms with Gasteiger partial charge in [-0.05, 0) is 47.6 Å². The summed E-state index contributed by atoms with van der Waals surface area (Å²) < 4.78 is 11.3. The summed E-state index contributed by atoms with van der Waals surface area (Å²) >= 11 is 0. The van der Waals surface area contributed by atoms with Crippen LogP contribution in [0, 0.1) is 5.41 Å². The number of carbonyl (C=O) groups is 1. The molecule has 4 heteroatoms. The van der Waals surface area contributed by atoms with Crippen molar-refractivity contribution in [1.82, 2.24) is 4.90 Å². The zero-order chi connectivity index (χ0) is 20.5. The van der Waals surface area contributed by atoms with E-state index in [9.17, 15) is 4.79 Å². The molecule has 0 amide bonds. The lowest BCUT2D eigenvalue weighted by Gasteiger charge is -2.46. The number of hydrogen-bond acceptors (Lipinski definition) is 4. The van der Waals surface area contributed by atoms with Crippen molar-refractivity contribution >= 4 is 11.5 Å². The predicted molar refractivity (Wildman–Crippen MR) is 115 cm³/mol. The Labute approximate surface area is 176 Å². The van der Waals surface area contributed by atoms with E-state index in [1.165, 1.54) is 28.1 Å². The topological polar surface area (TPSA) is 38.8 Å². The van der Waals surface area contributed by atoms with E-state index in [-0.39, 0.29) is 18.1 Å². The molecule has 2 aromatic rings. The summed E-state index contributed by atoms with van der Waals surface area (Å²) in [5.41, 5.74) is 7.06. The van der Waals surface area contributed by atoms with E-state index < -0.39 is 0 Å². The Kier molecular flexibility index (Phi) is 3.71. The number of hydrogen-bond donors (Lipinski definition) is 0. The number of ether oxygens (including phenoxy) is 2. The maximum Gasteiger partial charge on any atom is 0.231 e. The molecule has 0 saturated carbocycles. The molecule has 4 nitrogen and oxygen atoms in total. The van der Waals surface area contributed by atoms with Crippen LogP contribution in [-0.4, -0.2) is 24.0 Å². The zero-order valence-electron chi connectivity index (χ0n) is 17.4. The molecule has 30 heavy (non-hydrogen) atoms. The molecule has 152 valence electrons. The highest BCUT2D eigenvalue weighted by Gasteiger charge is 2.42. The molecule has 0 spiro atoms. The first-order valence-corrected chi connectivity index (χ1v) is 10.7. The van der Waals surface area contributed by atoms with Crippen LogP contribution in [0.1, 0.15) is 49.3 Å². The van der Waals surface area contributed by atoms with Gasteiger partial charge in [-0.1, -0.05) is 44.2 Å². The van der Waals surface area contributed by atoms with Crippen molar-refractivity contribution in [2.75, 3.05) is 13.3 Å². The smallest absolute Gasteiger partial charge is 0.231 e. The van der Waals surface area contributed by atoms with Crippen LogP contribution in [0.25, 0.3) is 5.70 Å². The Hall–Kier alpha value is -3.01. The summed E-state index contributed by atoms with van der Waals surface area (Å²) in [6.45, 7) is 5.59. The number of ketones is 1. The molecule has 0 fully saturated rings. The average Bonchev–Trinajstić information content (AvgIpc) is 3.18. The van der Waals surface area contributed by atoms with E-state index in [0.717, 1.165) is 36.5 Å². The maximum atomic E-state index is 13.4. The van der Waals surface area contributed by atoms with Gasteiger partial charge in [0.1, 0.15) is 0 Å². The van der Waals surface area contributed by atoms with Crippen molar-refractivity contribution < 1.29 is 14.3 Å². The van der Waals surface area contributed by atoms with Gasteiger partial charge in [-0.2, -0.15) is 0 Å². The molecule has 3 aliphatic heterocycles. The molecular weight excluding hydrogens is 374 g/mol. The monoisotopic (exact) mass is 399 g/mol. The molecular formula is C26H25NO3. The van der Waals surface area contributed by atoms with E-state index in [0.29, 0.717) is 12.2 Å². The molecule has 0 N–H and O–H groups in total. The van der Waals surface area contributed by atoms with Gasteiger partial charge in [-0.25, -0.2) is 0 Å². The largest absolute Gasteiger partial charge is 0.454 e. The standard InChI is InChI=1S/C26H25NO3/c1-26(2)13-21-25(22(28)14-26)19(16-6-4-3-5-7-16)11-20-18-12-24-23(29-15-30-24)10-17(18)8-9-27(20)21/h3-7,10-12,19H,8-9,13-15H2,1-2H3. The third kappa shape index (κ3) is 2.63. The summed E-state index contributed by atoms with van der Waals surface area (Å²) in [5.74, 6) is 1.94. The van der Waals surface area contributed by atoms with Gasteiger partial charge in [-0.3, -0.25) is 4.79 Å². The molecule has 0 bridgehead atoms.